The van der Waals surface area contributed by atoms with Crippen molar-refractivity contribution in [1.82, 2.24) is 14.5 Å². The van der Waals surface area contributed by atoms with Gasteiger partial charge in [-0.05, 0) is 60.2 Å². The average molecular weight is 564 g/mol. The maximum Gasteiger partial charge on any atom is 0.416 e. The lowest BCUT2D eigenvalue weighted by Gasteiger charge is -2.10. The van der Waals surface area contributed by atoms with Crippen molar-refractivity contribution >= 4 is 28.6 Å². The molecule has 0 aliphatic carbocycles. The van der Waals surface area contributed by atoms with Gasteiger partial charge in [0.1, 0.15) is 0 Å². The van der Waals surface area contributed by atoms with Crippen LogP contribution in [0.15, 0.2) is 71.7 Å². The number of fused-ring (bicyclic) bond motifs is 1. The summed E-state index contributed by atoms with van der Waals surface area (Å²) in [6, 6.07) is 13.5. The van der Waals surface area contributed by atoms with Crippen molar-refractivity contribution in [2.24, 2.45) is 12.0 Å². The molecule has 0 fully saturated rings. The van der Waals surface area contributed by atoms with E-state index in [2.05, 4.69) is 10.3 Å². The van der Waals surface area contributed by atoms with E-state index >= 15 is 0 Å². The molecule has 0 saturated heterocycles. The van der Waals surface area contributed by atoms with Gasteiger partial charge in [0.2, 0.25) is 5.62 Å². The fourth-order valence-electron chi connectivity index (χ4n) is 4.06. The molecule has 0 atom stereocenters. The Labute approximate surface area is 223 Å². The third-order valence-corrected chi connectivity index (χ3v) is 6.10. The number of carboxylic acids is 1. The first kappa shape index (κ1) is 28.5. The summed E-state index contributed by atoms with van der Waals surface area (Å²) in [7, 11) is 1.58. The van der Waals surface area contributed by atoms with E-state index in [9.17, 15) is 35.9 Å². The lowest BCUT2D eigenvalue weighted by Crippen LogP contribution is -2.26. The van der Waals surface area contributed by atoms with Gasteiger partial charge >= 0.3 is 18.3 Å². The van der Waals surface area contributed by atoms with Gasteiger partial charge in [0.05, 0.1) is 40.8 Å². The summed E-state index contributed by atoms with van der Waals surface area (Å²) < 4.78 is 82.5. The van der Waals surface area contributed by atoms with Crippen LogP contribution in [0.2, 0.25) is 0 Å². The summed E-state index contributed by atoms with van der Waals surface area (Å²) >= 11 is 0. The van der Waals surface area contributed by atoms with Crippen LogP contribution in [0.1, 0.15) is 33.5 Å². The second-order valence-corrected chi connectivity index (χ2v) is 8.90. The molecule has 13 heteroatoms. The normalized spacial score (nSPS) is 12.6. The second kappa shape index (κ2) is 10.9. The minimum absolute atomic E-state index is 0.0268. The summed E-state index contributed by atoms with van der Waals surface area (Å²) in [5, 5.41) is 11.2. The number of aromatic nitrogens is 2. The van der Waals surface area contributed by atoms with Crippen LogP contribution >= 0.6 is 0 Å². The average Bonchev–Trinajstić information content (AvgIpc) is 3.13. The lowest BCUT2D eigenvalue weighted by atomic mass is 10.1. The molecule has 0 unspecified atom stereocenters. The summed E-state index contributed by atoms with van der Waals surface area (Å²) in [4.78, 5) is 27.3. The van der Waals surface area contributed by atoms with E-state index in [0.29, 0.717) is 11.1 Å². The molecule has 1 aromatic heterocycles. The molecule has 0 saturated carbocycles. The number of rotatable bonds is 7. The largest absolute Gasteiger partial charge is 0.481 e. The number of carbonyl (C=O) groups excluding carboxylic acids is 1. The van der Waals surface area contributed by atoms with E-state index in [0.717, 1.165) is 24.3 Å². The number of hydrogen-bond acceptors (Lipinski definition) is 3. The highest BCUT2D eigenvalue weighted by Crippen LogP contribution is 2.32. The smallest absolute Gasteiger partial charge is 0.416 e. The molecule has 2 N–H and O–H groups in total. The molecule has 210 valence electrons. The number of imidazole rings is 1. The maximum atomic E-state index is 13.5. The lowest BCUT2D eigenvalue weighted by molar-refractivity contribution is -0.138. The van der Waals surface area contributed by atoms with E-state index in [1.54, 1.807) is 19.2 Å². The van der Waals surface area contributed by atoms with Crippen molar-refractivity contribution in [1.29, 1.82) is 0 Å². The molecule has 4 aromatic rings. The SMILES string of the molecule is Cn1c(=Nc2ccc(C(F)(F)F)cc2)n(Cc2ccc(C(=O)NCCC(=O)O)cc2)c2cc(C(F)(F)F)ccc21. The number of benzene rings is 3. The van der Waals surface area contributed by atoms with Crippen molar-refractivity contribution in [3.05, 3.63) is 94.6 Å². The molecular weight excluding hydrogens is 542 g/mol. The summed E-state index contributed by atoms with van der Waals surface area (Å²) in [5.41, 5.74) is 0.0623. The Morgan fingerprint density at radius 1 is 0.850 bits per heavy atom. The van der Waals surface area contributed by atoms with E-state index < -0.39 is 35.4 Å². The number of halogens is 6. The van der Waals surface area contributed by atoms with Crippen LogP contribution in [0.25, 0.3) is 11.0 Å². The predicted octanol–water partition coefficient (Wildman–Crippen LogP) is 5.50. The molecule has 3 aromatic carbocycles. The number of carbonyl (C=O) groups is 2. The molecular formula is C27H22F6N4O3. The van der Waals surface area contributed by atoms with Gasteiger partial charge in [0, 0.05) is 19.2 Å². The Kier molecular flexibility index (Phi) is 7.76. The third kappa shape index (κ3) is 6.35. The second-order valence-electron chi connectivity index (χ2n) is 8.90. The first-order valence-corrected chi connectivity index (χ1v) is 11.8. The fourth-order valence-corrected chi connectivity index (χ4v) is 4.06. The minimum atomic E-state index is -4.61. The Morgan fingerprint density at radius 3 is 2.02 bits per heavy atom. The third-order valence-electron chi connectivity index (χ3n) is 6.10. The molecule has 1 heterocycles. The number of nitrogens with zero attached hydrogens (tertiary/aromatic N) is 3. The van der Waals surface area contributed by atoms with Gasteiger partial charge in [-0.25, -0.2) is 4.99 Å². The Morgan fingerprint density at radius 2 is 1.45 bits per heavy atom. The molecule has 0 aliphatic heterocycles. The van der Waals surface area contributed by atoms with Gasteiger partial charge in [-0.15, -0.1) is 0 Å². The number of alkyl halides is 6. The quantitative estimate of drug-likeness (QED) is 0.291. The van der Waals surface area contributed by atoms with Crippen molar-refractivity contribution < 1.29 is 41.0 Å². The Hall–Kier alpha value is -4.55. The summed E-state index contributed by atoms with van der Waals surface area (Å²) in [6.45, 7) is -0.0306. The van der Waals surface area contributed by atoms with Crippen molar-refractivity contribution in [2.45, 2.75) is 25.3 Å². The van der Waals surface area contributed by atoms with Crippen LogP contribution in [-0.2, 0) is 30.7 Å². The van der Waals surface area contributed by atoms with Crippen LogP contribution in [0.5, 0.6) is 0 Å². The van der Waals surface area contributed by atoms with Gasteiger partial charge < -0.3 is 19.6 Å². The number of nitrogens with one attached hydrogen (secondary N) is 1. The molecule has 40 heavy (non-hydrogen) atoms. The topological polar surface area (TPSA) is 88.6 Å². The number of hydrogen-bond donors (Lipinski definition) is 2. The van der Waals surface area contributed by atoms with E-state index in [4.69, 9.17) is 5.11 Å². The Balaban J connectivity index is 1.76. The molecule has 4 rings (SSSR count). The maximum absolute atomic E-state index is 13.5. The highest BCUT2D eigenvalue weighted by Gasteiger charge is 2.31. The molecule has 0 radical (unpaired) electrons. The first-order valence-electron chi connectivity index (χ1n) is 11.8. The van der Waals surface area contributed by atoms with Gasteiger partial charge in [0.25, 0.3) is 5.91 Å². The highest BCUT2D eigenvalue weighted by atomic mass is 19.4. The number of aliphatic carboxylic acids is 1. The van der Waals surface area contributed by atoms with Crippen LogP contribution in [0, 0.1) is 0 Å². The van der Waals surface area contributed by atoms with E-state index in [1.165, 1.54) is 39.5 Å². The highest BCUT2D eigenvalue weighted by molar-refractivity contribution is 5.94. The minimum Gasteiger partial charge on any atom is -0.481 e. The van der Waals surface area contributed by atoms with Crippen LogP contribution in [-0.4, -0.2) is 32.7 Å². The van der Waals surface area contributed by atoms with Crippen molar-refractivity contribution in [3.63, 3.8) is 0 Å². The first-order chi connectivity index (χ1) is 18.7. The van der Waals surface area contributed by atoms with Gasteiger partial charge in [-0.3, -0.25) is 9.59 Å². The van der Waals surface area contributed by atoms with Crippen molar-refractivity contribution in [2.75, 3.05) is 6.54 Å². The van der Waals surface area contributed by atoms with E-state index in [-0.39, 0.29) is 41.9 Å². The zero-order valence-electron chi connectivity index (χ0n) is 20.8. The Bertz CT molecular complexity index is 1620. The summed E-state index contributed by atoms with van der Waals surface area (Å²) in [6.07, 6.45) is -9.39. The zero-order chi connectivity index (χ0) is 29.2. The van der Waals surface area contributed by atoms with Gasteiger partial charge in [0.15, 0.2) is 0 Å². The van der Waals surface area contributed by atoms with Gasteiger partial charge in [-0.2, -0.15) is 26.3 Å². The molecule has 0 bridgehead atoms. The molecule has 0 spiro atoms. The van der Waals surface area contributed by atoms with Crippen LogP contribution < -0.4 is 10.9 Å². The number of aryl methyl sites for hydroxylation is 1. The van der Waals surface area contributed by atoms with Crippen LogP contribution in [0.4, 0.5) is 32.0 Å². The number of carboxylic acid groups (broad SMARTS) is 1. The van der Waals surface area contributed by atoms with Gasteiger partial charge in [-0.1, -0.05) is 12.1 Å². The summed E-state index contributed by atoms with van der Waals surface area (Å²) in [5.74, 6) is -1.55. The standard InChI is InChI=1S/C27H22F6N4O3/c1-36-21-11-8-19(27(31,32)33)14-22(21)37(25(36)35-20-9-6-18(7-10-20)26(28,29)30)15-16-2-4-17(5-3-16)24(40)34-13-12-23(38)39/h2-11,14H,12-13,15H2,1H3,(H,34,40)(H,38,39). The van der Waals surface area contributed by atoms with E-state index in [1.807, 2.05) is 0 Å². The monoisotopic (exact) mass is 564 g/mol. The number of amides is 1. The zero-order valence-corrected chi connectivity index (χ0v) is 20.8. The molecule has 0 aliphatic rings. The van der Waals surface area contributed by atoms with Crippen molar-refractivity contribution in [3.8, 4) is 0 Å². The molecule has 7 nitrogen and oxygen atoms in total. The molecule has 1 amide bonds. The fraction of sp³-hybridized carbons (Fsp3) is 0.222. The predicted molar refractivity (Wildman–Crippen MR) is 133 cm³/mol. The van der Waals surface area contributed by atoms with Crippen LogP contribution in [0.3, 0.4) is 0 Å².